The molecule has 0 bridgehead atoms. The minimum Gasteiger partial charge on any atom is -0.386 e. The molecule has 0 amide bonds. The fourth-order valence-corrected chi connectivity index (χ4v) is 8.02. The molecule has 6 nitrogen and oxygen atoms in total. The van der Waals surface area contributed by atoms with Gasteiger partial charge in [-0.3, -0.25) is 4.79 Å². The lowest BCUT2D eigenvalue weighted by atomic mass is 9.68. The quantitative estimate of drug-likeness (QED) is 0.417. The Morgan fingerprint density at radius 2 is 1.89 bits per heavy atom. The number of fused-ring (bicyclic) bond motifs is 2. The lowest BCUT2D eigenvalue weighted by Gasteiger charge is -2.45. The van der Waals surface area contributed by atoms with E-state index in [1.54, 1.807) is 12.1 Å². The Balaban J connectivity index is 1.36. The molecule has 0 saturated carbocycles. The van der Waals surface area contributed by atoms with Crippen LogP contribution in [0, 0.1) is 17.7 Å². The van der Waals surface area contributed by atoms with Crippen molar-refractivity contribution in [3.8, 4) is 0 Å². The second-order valence-electron chi connectivity index (χ2n) is 10.2. The number of nitrogens with one attached hydrogen (secondary N) is 1. The summed E-state index contributed by atoms with van der Waals surface area (Å²) >= 11 is 11.7. The van der Waals surface area contributed by atoms with Gasteiger partial charge in [0.25, 0.3) is 0 Å². The molecular weight excluding hydrogens is 571 g/mol. The van der Waals surface area contributed by atoms with Gasteiger partial charge in [-0.05, 0) is 42.2 Å². The van der Waals surface area contributed by atoms with Gasteiger partial charge >= 0.3 is 6.18 Å². The van der Waals surface area contributed by atoms with E-state index in [0.717, 1.165) is 17.7 Å². The second kappa shape index (κ2) is 8.64. The largest absolute Gasteiger partial charge is 0.401 e. The van der Waals surface area contributed by atoms with E-state index in [0.29, 0.717) is 18.7 Å². The number of ketones is 1. The van der Waals surface area contributed by atoms with E-state index >= 15 is 0 Å². The number of alkyl halides is 3. The molecule has 3 aliphatic heterocycles. The molecule has 13 heteroatoms. The van der Waals surface area contributed by atoms with E-state index in [2.05, 4.69) is 10.5 Å². The van der Waals surface area contributed by atoms with E-state index in [9.17, 15) is 30.8 Å². The first kappa shape index (κ1) is 26.0. The lowest BCUT2D eigenvalue weighted by molar-refractivity contribution is -0.178. The molecule has 1 spiro atoms. The summed E-state index contributed by atoms with van der Waals surface area (Å²) in [5.74, 6) is -4.32. The Hall–Kier alpha value is -2.21. The Morgan fingerprint density at radius 3 is 2.47 bits per heavy atom. The van der Waals surface area contributed by atoms with E-state index < -0.39 is 66.7 Å². The molecule has 0 aromatic heterocycles. The Kier molecular flexibility index (Phi) is 5.92. The standard InChI is InChI=1S/C25H20Cl2F4N2O4S/c26-13-7-14(20(28)17(27)8-13)23-19(25(29,30)31)21(33-37-23)11-1-2-15-12(5-11)6-16(24(15)9-32-10-24)22(34)18-3-4-38(18,35)36/h1-2,5,7-8,16,18-19,23,32H,3-4,6,9-10H2/t16?,18-,19?,23?/m0/s1. The summed E-state index contributed by atoms with van der Waals surface area (Å²) in [5.41, 5.74) is 0.0883. The molecule has 38 heavy (non-hydrogen) atoms. The Labute approximate surface area is 225 Å². The summed E-state index contributed by atoms with van der Waals surface area (Å²) in [5, 5.41) is 5.35. The third-order valence-electron chi connectivity index (χ3n) is 8.21. The summed E-state index contributed by atoms with van der Waals surface area (Å²) in [6, 6.07) is 6.82. The summed E-state index contributed by atoms with van der Waals surface area (Å²) in [6.45, 7) is 0.934. The highest BCUT2D eigenvalue weighted by Crippen LogP contribution is 2.50. The van der Waals surface area contributed by atoms with Crippen LogP contribution in [0.5, 0.6) is 0 Å². The average molecular weight is 591 g/mol. The van der Waals surface area contributed by atoms with Gasteiger partial charge in [0.1, 0.15) is 22.7 Å². The monoisotopic (exact) mass is 590 g/mol. The number of carbonyl (C=O) groups is 1. The molecule has 2 aromatic carbocycles. The molecule has 4 aliphatic rings. The van der Waals surface area contributed by atoms with Crippen LogP contribution in [-0.4, -0.2) is 50.2 Å². The minimum atomic E-state index is -4.85. The van der Waals surface area contributed by atoms with Crippen molar-refractivity contribution in [3.63, 3.8) is 0 Å². The first-order valence-corrected chi connectivity index (χ1v) is 14.4. The van der Waals surface area contributed by atoms with Gasteiger partial charge in [0.05, 0.1) is 10.8 Å². The normalized spacial score (nSPS) is 28.7. The molecule has 202 valence electrons. The molecule has 2 saturated heterocycles. The van der Waals surface area contributed by atoms with E-state index in [1.807, 2.05) is 0 Å². The zero-order valence-corrected chi connectivity index (χ0v) is 21.8. The fraction of sp³-hybridized carbons (Fsp3) is 0.440. The van der Waals surface area contributed by atoms with Crippen molar-refractivity contribution in [2.75, 3.05) is 18.8 Å². The van der Waals surface area contributed by atoms with Crippen LogP contribution in [-0.2, 0) is 31.3 Å². The summed E-state index contributed by atoms with van der Waals surface area (Å²) in [6.07, 6.45) is -6.19. The number of nitrogens with zero attached hydrogens (tertiary/aromatic N) is 1. The van der Waals surface area contributed by atoms with Crippen LogP contribution in [0.4, 0.5) is 17.6 Å². The zero-order valence-electron chi connectivity index (χ0n) is 19.5. The Bertz CT molecular complexity index is 1510. The smallest absolute Gasteiger partial charge is 0.386 e. The minimum absolute atomic E-state index is 0.0171. The average Bonchev–Trinajstić information content (AvgIpc) is 3.40. The van der Waals surface area contributed by atoms with Crippen molar-refractivity contribution in [1.82, 2.24) is 5.32 Å². The maximum atomic E-state index is 14.7. The van der Waals surface area contributed by atoms with Gasteiger partial charge in [0, 0.05) is 40.6 Å². The SMILES string of the molecule is O=C(C1Cc2cc(C3=NOC(c4cc(Cl)cc(Cl)c4F)C3C(F)(F)F)ccc2C12CNC2)[C@@H]1CCS1(=O)=O. The third-order valence-corrected chi connectivity index (χ3v) is 10.8. The molecule has 1 aliphatic carbocycles. The topological polar surface area (TPSA) is 84.8 Å². The number of benzene rings is 2. The van der Waals surface area contributed by atoms with E-state index in [-0.39, 0.29) is 35.0 Å². The van der Waals surface area contributed by atoms with Crippen molar-refractivity contribution in [1.29, 1.82) is 0 Å². The highest BCUT2D eigenvalue weighted by atomic mass is 35.5. The summed E-state index contributed by atoms with van der Waals surface area (Å²) in [7, 11) is -3.45. The highest BCUT2D eigenvalue weighted by Gasteiger charge is 2.58. The molecular formula is C25H20Cl2F4N2O4S. The molecule has 2 fully saturated rings. The molecule has 3 heterocycles. The van der Waals surface area contributed by atoms with Gasteiger partial charge < -0.3 is 10.2 Å². The number of rotatable bonds is 4. The predicted molar refractivity (Wildman–Crippen MR) is 132 cm³/mol. The van der Waals surface area contributed by atoms with Crippen LogP contribution in [0.3, 0.4) is 0 Å². The molecule has 6 rings (SSSR count). The number of hydrogen-bond acceptors (Lipinski definition) is 6. The van der Waals surface area contributed by atoms with Crippen molar-refractivity contribution in [3.05, 3.63) is 68.4 Å². The van der Waals surface area contributed by atoms with Gasteiger partial charge in [0.15, 0.2) is 21.7 Å². The molecule has 0 radical (unpaired) electrons. The van der Waals surface area contributed by atoms with Crippen LogP contribution < -0.4 is 5.32 Å². The molecule has 2 aromatic rings. The first-order chi connectivity index (χ1) is 17.8. The highest BCUT2D eigenvalue weighted by molar-refractivity contribution is 7.94. The van der Waals surface area contributed by atoms with Crippen LogP contribution in [0.25, 0.3) is 0 Å². The molecule has 1 N–H and O–H groups in total. The number of sulfone groups is 1. The van der Waals surface area contributed by atoms with Gasteiger partial charge in [0.2, 0.25) is 0 Å². The van der Waals surface area contributed by atoms with Crippen LogP contribution >= 0.6 is 23.2 Å². The number of hydrogen-bond donors (Lipinski definition) is 1. The van der Waals surface area contributed by atoms with Crippen LogP contribution in [0.15, 0.2) is 35.5 Å². The number of halogens is 6. The zero-order chi connectivity index (χ0) is 27.2. The third kappa shape index (κ3) is 3.80. The Morgan fingerprint density at radius 1 is 1.16 bits per heavy atom. The summed E-state index contributed by atoms with van der Waals surface area (Å²) in [4.78, 5) is 18.4. The second-order valence-corrected chi connectivity index (χ2v) is 13.4. The number of oxime groups is 1. The van der Waals surface area contributed by atoms with E-state index in [4.69, 9.17) is 28.0 Å². The van der Waals surface area contributed by atoms with Crippen molar-refractivity contribution in [2.45, 2.75) is 35.8 Å². The van der Waals surface area contributed by atoms with Crippen LogP contribution in [0.1, 0.15) is 34.8 Å². The van der Waals surface area contributed by atoms with Gasteiger partial charge in [-0.1, -0.05) is 40.5 Å². The lowest BCUT2D eigenvalue weighted by Crippen LogP contribution is -2.63. The first-order valence-electron chi connectivity index (χ1n) is 11.9. The maximum absolute atomic E-state index is 14.7. The van der Waals surface area contributed by atoms with E-state index in [1.165, 1.54) is 6.07 Å². The number of Topliss-reactive ketones (excluding diaryl/α,β-unsaturated/α-hetero) is 1. The maximum Gasteiger partial charge on any atom is 0.401 e. The van der Waals surface area contributed by atoms with Crippen molar-refractivity contribution < 1.29 is 35.6 Å². The van der Waals surface area contributed by atoms with Crippen LogP contribution in [0.2, 0.25) is 10.0 Å². The van der Waals surface area contributed by atoms with Crippen molar-refractivity contribution >= 4 is 44.5 Å². The number of carbonyl (C=O) groups excluding carboxylic acids is 1. The summed E-state index contributed by atoms with van der Waals surface area (Å²) < 4.78 is 82.1. The molecule has 3 unspecified atom stereocenters. The van der Waals surface area contributed by atoms with Crippen molar-refractivity contribution in [2.24, 2.45) is 17.0 Å². The predicted octanol–water partition coefficient (Wildman–Crippen LogP) is 4.56. The fourth-order valence-electron chi connectivity index (χ4n) is 6.14. The molecule has 4 atom stereocenters. The van der Waals surface area contributed by atoms with Gasteiger partial charge in [-0.25, -0.2) is 12.8 Å². The van der Waals surface area contributed by atoms with Gasteiger partial charge in [-0.2, -0.15) is 13.2 Å². The van der Waals surface area contributed by atoms with Gasteiger partial charge in [-0.15, -0.1) is 0 Å².